The van der Waals surface area contributed by atoms with Crippen LogP contribution in [0.1, 0.15) is 29.7 Å². The highest BCUT2D eigenvalue weighted by Crippen LogP contribution is 2.17. The first-order chi connectivity index (χ1) is 8.69. The summed E-state index contributed by atoms with van der Waals surface area (Å²) in [6.45, 7) is 5.40. The molecule has 0 atom stereocenters. The van der Waals surface area contributed by atoms with Gasteiger partial charge in [0.05, 0.1) is 12.7 Å². The van der Waals surface area contributed by atoms with Crippen LogP contribution in [0, 0.1) is 6.92 Å². The van der Waals surface area contributed by atoms with Crippen LogP contribution < -0.4 is 5.32 Å². The molecule has 96 valence electrons. The molecule has 0 radical (unpaired) electrons. The molecule has 1 aromatic heterocycles. The van der Waals surface area contributed by atoms with E-state index >= 15 is 0 Å². The van der Waals surface area contributed by atoms with Gasteiger partial charge in [0.25, 0.3) is 0 Å². The Morgan fingerprint density at radius 2 is 2.17 bits per heavy atom. The zero-order valence-corrected chi connectivity index (χ0v) is 11.4. The number of benzene rings is 1. The molecule has 2 aromatic rings. The fourth-order valence-electron chi connectivity index (χ4n) is 1.69. The molecule has 0 fully saturated rings. The summed E-state index contributed by atoms with van der Waals surface area (Å²) in [5, 5.41) is 4.07. The lowest BCUT2D eigenvalue weighted by molar-refractivity contribution is 0.439. The van der Waals surface area contributed by atoms with E-state index in [0.717, 1.165) is 28.7 Å². The van der Waals surface area contributed by atoms with Crippen molar-refractivity contribution in [2.75, 3.05) is 0 Å². The molecule has 0 unspecified atom stereocenters. The average molecular weight is 265 g/mol. The van der Waals surface area contributed by atoms with Crippen LogP contribution in [-0.4, -0.2) is 4.98 Å². The first-order valence-corrected chi connectivity index (χ1v) is 6.46. The number of halogens is 1. The summed E-state index contributed by atoms with van der Waals surface area (Å²) in [4.78, 5) is 4.19. The van der Waals surface area contributed by atoms with Gasteiger partial charge in [-0.2, -0.15) is 0 Å². The monoisotopic (exact) mass is 264 g/mol. The number of nitrogens with one attached hydrogen (secondary N) is 1. The van der Waals surface area contributed by atoms with Gasteiger partial charge in [-0.05, 0) is 24.1 Å². The molecular weight excluding hydrogens is 248 g/mol. The maximum atomic E-state index is 6.16. The minimum Gasteiger partial charge on any atom is -0.444 e. The normalized spacial score (nSPS) is 10.8. The number of oxazole rings is 1. The first-order valence-electron chi connectivity index (χ1n) is 6.08. The van der Waals surface area contributed by atoms with Gasteiger partial charge in [-0.3, -0.25) is 0 Å². The van der Waals surface area contributed by atoms with Gasteiger partial charge < -0.3 is 9.73 Å². The molecule has 1 aromatic carbocycles. The number of nitrogens with zero attached hydrogens (tertiary/aromatic N) is 1. The fourth-order valence-corrected chi connectivity index (χ4v) is 1.99. The van der Waals surface area contributed by atoms with E-state index in [1.807, 2.05) is 26.0 Å². The van der Waals surface area contributed by atoms with E-state index < -0.39 is 0 Å². The molecule has 1 N–H and O–H groups in total. The zero-order chi connectivity index (χ0) is 13.0. The van der Waals surface area contributed by atoms with Gasteiger partial charge in [0.1, 0.15) is 5.76 Å². The Hall–Kier alpha value is -1.32. The van der Waals surface area contributed by atoms with Crippen molar-refractivity contribution in [3.05, 3.63) is 52.2 Å². The van der Waals surface area contributed by atoms with E-state index in [0.29, 0.717) is 13.1 Å². The van der Waals surface area contributed by atoms with Crippen molar-refractivity contribution in [3.8, 4) is 0 Å². The summed E-state index contributed by atoms with van der Waals surface area (Å²) in [6, 6.07) is 6.07. The lowest BCUT2D eigenvalue weighted by atomic mass is 10.1. The number of rotatable bonds is 5. The van der Waals surface area contributed by atoms with Gasteiger partial charge in [-0.1, -0.05) is 30.7 Å². The van der Waals surface area contributed by atoms with Gasteiger partial charge in [-0.25, -0.2) is 4.98 Å². The van der Waals surface area contributed by atoms with Gasteiger partial charge in [-0.15, -0.1) is 0 Å². The SMILES string of the molecule is CCc1cnc(CNCc2ccc(C)cc2Cl)o1. The number of hydrogen-bond acceptors (Lipinski definition) is 3. The molecule has 0 aliphatic rings. The quantitative estimate of drug-likeness (QED) is 0.898. The molecular formula is C14H17ClN2O. The molecule has 18 heavy (non-hydrogen) atoms. The van der Waals surface area contributed by atoms with Crippen LogP contribution in [0.5, 0.6) is 0 Å². The van der Waals surface area contributed by atoms with E-state index in [2.05, 4.69) is 16.4 Å². The fraction of sp³-hybridized carbons (Fsp3) is 0.357. The van der Waals surface area contributed by atoms with E-state index in [1.54, 1.807) is 6.20 Å². The van der Waals surface area contributed by atoms with Crippen molar-refractivity contribution >= 4 is 11.6 Å². The molecule has 0 aliphatic carbocycles. The Bertz CT molecular complexity index is 522. The molecule has 0 saturated carbocycles. The minimum absolute atomic E-state index is 0.615. The van der Waals surface area contributed by atoms with E-state index in [1.165, 1.54) is 5.56 Å². The van der Waals surface area contributed by atoms with Crippen molar-refractivity contribution in [1.29, 1.82) is 0 Å². The largest absolute Gasteiger partial charge is 0.444 e. The number of aryl methyl sites for hydroxylation is 2. The van der Waals surface area contributed by atoms with Crippen molar-refractivity contribution < 1.29 is 4.42 Å². The Labute approximate surface area is 112 Å². The molecule has 2 rings (SSSR count). The molecule has 0 spiro atoms. The van der Waals surface area contributed by atoms with Crippen LogP contribution >= 0.6 is 11.6 Å². The topological polar surface area (TPSA) is 38.1 Å². The smallest absolute Gasteiger partial charge is 0.208 e. The maximum absolute atomic E-state index is 6.16. The lowest BCUT2D eigenvalue weighted by Crippen LogP contribution is -2.13. The Balaban J connectivity index is 1.88. The summed E-state index contributed by atoms with van der Waals surface area (Å²) in [6.07, 6.45) is 2.65. The summed E-state index contributed by atoms with van der Waals surface area (Å²) < 4.78 is 5.51. The van der Waals surface area contributed by atoms with Crippen LogP contribution in [0.4, 0.5) is 0 Å². The number of hydrogen-bond donors (Lipinski definition) is 1. The van der Waals surface area contributed by atoms with Crippen LogP contribution in [-0.2, 0) is 19.5 Å². The van der Waals surface area contributed by atoms with E-state index in [-0.39, 0.29) is 0 Å². The molecule has 3 nitrogen and oxygen atoms in total. The second-order valence-electron chi connectivity index (χ2n) is 4.27. The molecule has 1 heterocycles. The lowest BCUT2D eigenvalue weighted by Gasteiger charge is -2.05. The predicted molar refractivity (Wildman–Crippen MR) is 72.6 cm³/mol. The van der Waals surface area contributed by atoms with Crippen molar-refractivity contribution in [2.45, 2.75) is 33.4 Å². The second-order valence-corrected chi connectivity index (χ2v) is 4.68. The highest BCUT2D eigenvalue weighted by atomic mass is 35.5. The van der Waals surface area contributed by atoms with Gasteiger partial charge in [0, 0.05) is 18.0 Å². The third-order valence-electron chi connectivity index (χ3n) is 2.75. The van der Waals surface area contributed by atoms with Crippen LogP contribution in [0.25, 0.3) is 0 Å². The molecule has 0 aliphatic heterocycles. The molecule has 4 heteroatoms. The third-order valence-corrected chi connectivity index (χ3v) is 3.10. The Morgan fingerprint density at radius 3 is 2.83 bits per heavy atom. The summed E-state index contributed by atoms with van der Waals surface area (Å²) in [5.74, 6) is 1.63. The van der Waals surface area contributed by atoms with Crippen LogP contribution in [0.15, 0.2) is 28.8 Å². The number of aromatic nitrogens is 1. The highest BCUT2D eigenvalue weighted by Gasteiger charge is 2.03. The van der Waals surface area contributed by atoms with Crippen LogP contribution in [0.2, 0.25) is 5.02 Å². The van der Waals surface area contributed by atoms with E-state index in [9.17, 15) is 0 Å². The highest BCUT2D eigenvalue weighted by molar-refractivity contribution is 6.31. The molecule has 0 bridgehead atoms. The average Bonchev–Trinajstić information content (AvgIpc) is 2.80. The van der Waals surface area contributed by atoms with E-state index in [4.69, 9.17) is 16.0 Å². The second kappa shape index (κ2) is 6.03. The minimum atomic E-state index is 0.615. The predicted octanol–water partition coefficient (Wildman–Crippen LogP) is 3.49. The Morgan fingerprint density at radius 1 is 1.33 bits per heavy atom. The van der Waals surface area contributed by atoms with Crippen LogP contribution in [0.3, 0.4) is 0 Å². The summed E-state index contributed by atoms with van der Waals surface area (Å²) >= 11 is 6.16. The molecule has 0 saturated heterocycles. The third kappa shape index (κ3) is 3.34. The van der Waals surface area contributed by atoms with Gasteiger partial charge in [0.15, 0.2) is 0 Å². The summed E-state index contributed by atoms with van der Waals surface area (Å²) in [5.41, 5.74) is 2.26. The maximum Gasteiger partial charge on any atom is 0.208 e. The Kier molecular flexibility index (Phi) is 4.39. The zero-order valence-electron chi connectivity index (χ0n) is 10.7. The van der Waals surface area contributed by atoms with Gasteiger partial charge in [0.2, 0.25) is 5.89 Å². The van der Waals surface area contributed by atoms with Crippen molar-refractivity contribution in [3.63, 3.8) is 0 Å². The van der Waals surface area contributed by atoms with Crippen molar-refractivity contribution in [1.82, 2.24) is 10.3 Å². The molecule has 0 amide bonds. The standard InChI is InChI=1S/C14H17ClN2O/c1-3-12-8-17-14(18-12)9-16-7-11-5-4-10(2)6-13(11)15/h4-6,8,16H,3,7,9H2,1-2H3. The first kappa shape index (κ1) is 13.1. The van der Waals surface area contributed by atoms with Gasteiger partial charge >= 0.3 is 0 Å². The van der Waals surface area contributed by atoms with Crippen molar-refractivity contribution in [2.24, 2.45) is 0 Å². The summed E-state index contributed by atoms with van der Waals surface area (Å²) in [7, 11) is 0.